The van der Waals surface area contributed by atoms with Gasteiger partial charge in [-0.1, -0.05) is 37.3 Å². The average Bonchev–Trinajstić information content (AvgIpc) is 3.56. The number of hydrogen-bond donors (Lipinski definition) is 0. The summed E-state index contributed by atoms with van der Waals surface area (Å²) in [6.45, 7) is 1.23. The molecule has 5 rings (SSSR count). The van der Waals surface area contributed by atoms with Crippen LogP contribution in [-0.4, -0.2) is 68.6 Å². The number of rotatable bonds is 9. The molecule has 288 valence electrons. The molecule has 0 aliphatic carbocycles. The normalized spacial score (nSPS) is 19.8. The lowest BCUT2D eigenvalue weighted by molar-refractivity contribution is -0.392. The molecule has 0 bridgehead atoms. The van der Waals surface area contributed by atoms with Gasteiger partial charge in [-0.15, -0.1) is 0 Å². The van der Waals surface area contributed by atoms with Crippen LogP contribution < -0.4 is 0 Å². The summed E-state index contributed by atoms with van der Waals surface area (Å²) in [7, 11) is -4.65. The lowest BCUT2D eigenvalue weighted by atomic mass is 9.75. The van der Waals surface area contributed by atoms with Crippen LogP contribution in [-0.2, 0) is 41.1 Å². The van der Waals surface area contributed by atoms with E-state index in [0.717, 1.165) is 42.5 Å². The highest BCUT2D eigenvalue weighted by Crippen LogP contribution is 2.54. The minimum Gasteiger partial charge on any atom is -0.349 e. The number of amides is 2. The third-order valence-corrected chi connectivity index (χ3v) is 13.1. The van der Waals surface area contributed by atoms with Crippen LogP contribution >= 0.6 is 0 Å². The maximum Gasteiger partial charge on any atom is 0.430 e. The number of hydrogen-bond acceptors (Lipinski definition) is 5. The second-order valence-corrected chi connectivity index (χ2v) is 15.6. The molecule has 2 aliphatic rings. The van der Waals surface area contributed by atoms with Crippen LogP contribution in [0.1, 0.15) is 56.2 Å². The van der Waals surface area contributed by atoms with Crippen LogP contribution in [0.2, 0.25) is 0 Å². The van der Waals surface area contributed by atoms with Crippen molar-refractivity contribution in [2.75, 3.05) is 26.2 Å². The van der Waals surface area contributed by atoms with Crippen molar-refractivity contribution in [2.24, 2.45) is 5.41 Å². The van der Waals surface area contributed by atoms with E-state index in [1.54, 1.807) is 11.8 Å². The summed E-state index contributed by atoms with van der Waals surface area (Å²) < 4.78 is 161. The van der Waals surface area contributed by atoms with Crippen molar-refractivity contribution in [1.82, 2.24) is 9.80 Å². The molecule has 0 N–H and O–H groups in total. The van der Waals surface area contributed by atoms with E-state index in [-0.39, 0.29) is 50.4 Å². The van der Waals surface area contributed by atoms with E-state index in [1.165, 1.54) is 11.8 Å². The molecule has 0 saturated carbocycles. The topological polar surface area (TPSA) is 84.0 Å². The first-order chi connectivity index (χ1) is 24.7. The molecule has 3 aromatic carbocycles. The fourth-order valence-corrected chi connectivity index (χ4v) is 9.38. The molecule has 3 aromatic rings. The van der Waals surface area contributed by atoms with Gasteiger partial charge in [0.2, 0.25) is 11.8 Å². The van der Waals surface area contributed by atoms with Gasteiger partial charge in [0.15, 0.2) is 9.84 Å². The Bertz CT molecular complexity index is 1910. The van der Waals surface area contributed by atoms with Crippen LogP contribution in [0.15, 0.2) is 71.6 Å². The highest BCUT2D eigenvalue weighted by Gasteiger charge is 2.73. The van der Waals surface area contributed by atoms with E-state index in [2.05, 4.69) is 4.74 Å². The number of carbonyl (C=O) groups excluding carboxylic acids is 2. The van der Waals surface area contributed by atoms with Crippen LogP contribution in [0.5, 0.6) is 0 Å². The van der Waals surface area contributed by atoms with Crippen LogP contribution in [0, 0.1) is 22.9 Å². The summed E-state index contributed by atoms with van der Waals surface area (Å²) >= 11 is 0. The van der Waals surface area contributed by atoms with Gasteiger partial charge >= 0.3 is 12.4 Å². The van der Waals surface area contributed by atoms with Crippen molar-refractivity contribution in [2.45, 2.75) is 73.7 Å². The Morgan fingerprint density at radius 2 is 1.30 bits per heavy atom. The van der Waals surface area contributed by atoms with Gasteiger partial charge in [-0.3, -0.25) is 9.59 Å². The Labute approximate surface area is 299 Å². The van der Waals surface area contributed by atoms with Gasteiger partial charge in [0.25, 0.3) is 5.60 Å². The predicted octanol–water partition coefficient (Wildman–Crippen LogP) is 7.58. The smallest absolute Gasteiger partial charge is 0.349 e. The average molecular weight is 779 g/mol. The second kappa shape index (κ2) is 14.3. The first kappa shape index (κ1) is 40.1. The fourth-order valence-electron chi connectivity index (χ4n) is 7.30. The highest BCUT2D eigenvalue weighted by molar-refractivity contribution is 7.92. The van der Waals surface area contributed by atoms with Crippen molar-refractivity contribution in [3.63, 3.8) is 0 Å². The molecule has 0 radical (unpaired) electrons. The third kappa shape index (κ3) is 6.90. The van der Waals surface area contributed by atoms with Crippen LogP contribution in [0.4, 0.5) is 39.5 Å². The Morgan fingerprint density at radius 1 is 0.774 bits per heavy atom. The quantitative estimate of drug-likeness (QED) is 0.165. The van der Waals surface area contributed by atoms with Crippen LogP contribution in [0.3, 0.4) is 0 Å². The Hall–Kier alpha value is -4.12. The number of sulfone groups is 1. The molecule has 0 spiro atoms. The molecule has 7 nitrogen and oxygen atoms in total. The zero-order valence-corrected chi connectivity index (χ0v) is 29.3. The monoisotopic (exact) mass is 778 g/mol. The van der Waals surface area contributed by atoms with Crippen molar-refractivity contribution < 1.29 is 62.3 Å². The number of halogens is 9. The summed E-state index contributed by atoms with van der Waals surface area (Å²) in [6, 6.07) is 8.06. The summed E-state index contributed by atoms with van der Waals surface area (Å²) in [4.78, 5) is 28.6. The Balaban J connectivity index is 1.59. The van der Waals surface area contributed by atoms with Crippen molar-refractivity contribution in [3.05, 3.63) is 101 Å². The molecule has 0 aromatic heterocycles. The number of piperidine rings is 1. The maximum absolute atomic E-state index is 14.6. The van der Waals surface area contributed by atoms with E-state index in [1.807, 2.05) is 0 Å². The lowest BCUT2D eigenvalue weighted by Gasteiger charge is -2.42. The molecule has 2 aliphatic heterocycles. The van der Waals surface area contributed by atoms with Gasteiger partial charge in [0, 0.05) is 44.2 Å². The molecule has 2 fully saturated rings. The largest absolute Gasteiger partial charge is 0.430 e. The molecular weight excluding hydrogens is 743 g/mol. The van der Waals surface area contributed by atoms with Gasteiger partial charge in [-0.25, -0.2) is 21.6 Å². The fraction of sp³-hybridized carbons (Fsp3) is 0.444. The molecule has 1 atom stereocenters. The van der Waals surface area contributed by atoms with E-state index in [9.17, 15) is 57.5 Å². The predicted molar refractivity (Wildman–Crippen MR) is 172 cm³/mol. The SMILES string of the molecule is CCC1(C(=O)N2CCC(c3ccc(C(OCc4c(F)cccc4F)(C(F)(F)F)C(F)(F)F)cc3)(S(=O)(=O)c3ccc(F)cc3)C2)CCN(C(C)=O)CC1. The van der Waals surface area contributed by atoms with Gasteiger partial charge in [-0.2, -0.15) is 26.3 Å². The van der Waals surface area contributed by atoms with E-state index in [0.29, 0.717) is 30.7 Å². The first-order valence-electron chi connectivity index (χ1n) is 16.5. The summed E-state index contributed by atoms with van der Waals surface area (Å²) in [5, 5.41) is 0. The molecule has 2 heterocycles. The molecule has 1 unspecified atom stereocenters. The standard InChI is InChI=1S/C36H35F9N2O5S/c1-3-32(15-18-46(19-16-32)23(2)48)31(49)47-20-17-33(22-47,53(50,51)27-13-11-26(37)12-14-27)24-7-9-25(10-8-24)34(35(40,41)42,36(43,44)45)52-21-28-29(38)5-4-6-30(28)39/h4-14H,3,15-22H2,1-2H3. The van der Waals surface area contributed by atoms with Gasteiger partial charge in [0.1, 0.15) is 22.2 Å². The summed E-state index contributed by atoms with van der Waals surface area (Å²) in [6.07, 6.45) is -11.9. The van der Waals surface area contributed by atoms with E-state index < -0.39 is 90.5 Å². The molecular formula is C36H35F9N2O5S. The third-order valence-electron chi connectivity index (χ3n) is 10.6. The Morgan fingerprint density at radius 3 is 1.79 bits per heavy atom. The molecule has 2 amide bonds. The van der Waals surface area contributed by atoms with Crippen molar-refractivity contribution in [3.8, 4) is 0 Å². The molecule has 2 saturated heterocycles. The zero-order valence-electron chi connectivity index (χ0n) is 28.5. The van der Waals surface area contributed by atoms with Gasteiger partial charge in [-0.05, 0) is 67.6 Å². The van der Waals surface area contributed by atoms with E-state index >= 15 is 0 Å². The number of carbonyl (C=O) groups is 2. The zero-order chi connectivity index (χ0) is 39.2. The minimum absolute atomic E-state index is 0.161. The minimum atomic E-state index is -6.24. The maximum atomic E-state index is 14.6. The number of alkyl halides is 6. The summed E-state index contributed by atoms with van der Waals surface area (Å²) in [5.41, 5.74) is -9.09. The second-order valence-electron chi connectivity index (χ2n) is 13.3. The molecule has 53 heavy (non-hydrogen) atoms. The number of ether oxygens (including phenoxy) is 1. The molecule has 17 heteroatoms. The summed E-state index contributed by atoms with van der Waals surface area (Å²) in [5.74, 6) is -4.26. The lowest BCUT2D eigenvalue weighted by Crippen LogP contribution is -2.56. The van der Waals surface area contributed by atoms with Gasteiger partial charge in [0.05, 0.1) is 16.9 Å². The highest BCUT2D eigenvalue weighted by atomic mass is 32.2. The van der Waals surface area contributed by atoms with E-state index in [4.69, 9.17) is 0 Å². The van der Waals surface area contributed by atoms with Crippen molar-refractivity contribution in [1.29, 1.82) is 0 Å². The number of likely N-dealkylation sites (tertiary alicyclic amines) is 2. The Kier molecular flexibility index (Phi) is 10.8. The van der Waals surface area contributed by atoms with Crippen molar-refractivity contribution >= 4 is 21.7 Å². The van der Waals surface area contributed by atoms with Gasteiger partial charge < -0.3 is 14.5 Å². The number of nitrogens with zero attached hydrogens (tertiary/aromatic N) is 2. The van der Waals surface area contributed by atoms with Crippen LogP contribution in [0.25, 0.3) is 0 Å². The first-order valence-corrected chi connectivity index (χ1v) is 18.0. The number of benzene rings is 3.